The lowest BCUT2D eigenvalue weighted by Crippen LogP contribution is -2.55. The molecule has 0 amide bonds. The number of nitrogens with two attached hydrogens (primary N) is 1. The Hall–Kier alpha value is -1.36. The second-order valence-electron chi connectivity index (χ2n) is 5.91. The molecule has 0 bridgehead atoms. The summed E-state index contributed by atoms with van der Waals surface area (Å²) in [6.45, 7) is 5.05. The van der Waals surface area contributed by atoms with E-state index in [0.717, 1.165) is 19.6 Å². The van der Waals surface area contributed by atoms with Gasteiger partial charge in [-0.25, -0.2) is 8.78 Å². The van der Waals surface area contributed by atoms with Crippen molar-refractivity contribution in [2.75, 3.05) is 30.3 Å². The minimum Gasteiger partial charge on any atom is -0.399 e. The number of nitrogen functional groups attached to an aromatic ring is 1. The maximum absolute atomic E-state index is 13.3. The molecule has 1 aromatic carbocycles. The highest BCUT2D eigenvalue weighted by Gasteiger charge is 2.35. The molecule has 2 aliphatic heterocycles. The van der Waals surface area contributed by atoms with Gasteiger partial charge in [0.15, 0.2) is 0 Å². The largest absolute Gasteiger partial charge is 0.399 e. The monoisotopic (exact) mass is 281 g/mol. The van der Waals surface area contributed by atoms with E-state index < -0.39 is 6.43 Å². The SMILES string of the molecule is CC1CN2CCCC2CN1c1ccc(N)cc1C(F)F. The number of hydrogen-bond donors (Lipinski definition) is 1. The summed E-state index contributed by atoms with van der Waals surface area (Å²) in [7, 11) is 0. The number of halogens is 2. The molecule has 5 heteroatoms. The van der Waals surface area contributed by atoms with Crippen molar-refractivity contribution in [1.29, 1.82) is 0 Å². The van der Waals surface area contributed by atoms with Gasteiger partial charge in [-0.3, -0.25) is 4.90 Å². The third-order valence-corrected chi connectivity index (χ3v) is 4.53. The van der Waals surface area contributed by atoms with Gasteiger partial charge in [0.05, 0.1) is 0 Å². The Morgan fingerprint density at radius 3 is 2.85 bits per heavy atom. The van der Waals surface area contributed by atoms with Crippen LogP contribution in [-0.4, -0.2) is 36.6 Å². The van der Waals surface area contributed by atoms with Crippen molar-refractivity contribution in [3.8, 4) is 0 Å². The molecule has 0 radical (unpaired) electrons. The Morgan fingerprint density at radius 2 is 2.10 bits per heavy atom. The molecule has 3 rings (SSSR count). The lowest BCUT2D eigenvalue weighted by molar-refractivity contribution is 0.150. The Bertz CT molecular complexity index is 492. The highest BCUT2D eigenvalue weighted by molar-refractivity contribution is 5.61. The smallest absolute Gasteiger partial charge is 0.265 e. The lowest BCUT2D eigenvalue weighted by Gasteiger charge is -2.44. The van der Waals surface area contributed by atoms with Crippen molar-refractivity contribution in [3.05, 3.63) is 23.8 Å². The summed E-state index contributed by atoms with van der Waals surface area (Å²) in [6, 6.07) is 5.64. The number of fused-ring (bicyclic) bond motifs is 1. The van der Waals surface area contributed by atoms with E-state index in [4.69, 9.17) is 5.73 Å². The summed E-state index contributed by atoms with van der Waals surface area (Å²) in [5.74, 6) is 0. The minimum absolute atomic E-state index is 0.0586. The van der Waals surface area contributed by atoms with E-state index >= 15 is 0 Å². The maximum atomic E-state index is 13.3. The van der Waals surface area contributed by atoms with Crippen LogP contribution in [0.4, 0.5) is 20.2 Å². The van der Waals surface area contributed by atoms with E-state index in [0.29, 0.717) is 17.4 Å². The molecule has 0 aromatic heterocycles. The number of hydrogen-bond acceptors (Lipinski definition) is 3. The van der Waals surface area contributed by atoms with Crippen LogP contribution in [0.15, 0.2) is 18.2 Å². The van der Waals surface area contributed by atoms with Crippen LogP contribution in [0.2, 0.25) is 0 Å². The first-order chi connectivity index (χ1) is 9.56. The average Bonchev–Trinajstić information content (AvgIpc) is 2.85. The number of alkyl halides is 2. The summed E-state index contributed by atoms with van der Waals surface area (Å²) >= 11 is 0. The van der Waals surface area contributed by atoms with E-state index in [9.17, 15) is 8.78 Å². The molecule has 1 aromatic rings. The topological polar surface area (TPSA) is 32.5 Å². The number of rotatable bonds is 2. The number of nitrogens with zero attached hydrogens (tertiary/aromatic N) is 2. The molecule has 2 N–H and O–H groups in total. The third kappa shape index (κ3) is 2.35. The molecular formula is C15H21F2N3. The van der Waals surface area contributed by atoms with Crippen LogP contribution >= 0.6 is 0 Å². The summed E-state index contributed by atoms with van der Waals surface area (Å²) in [4.78, 5) is 4.62. The predicted molar refractivity (Wildman–Crippen MR) is 77.2 cm³/mol. The first-order valence-corrected chi connectivity index (χ1v) is 7.24. The zero-order chi connectivity index (χ0) is 14.3. The van der Waals surface area contributed by atoms with Gasteiger partial charge in [-0.1, -0.05) is 0 Å². The first kappa shape index (κ1) is 13.6. The molecule has 2 aliphatic rings. The van der Waals surface area contributed by atoms with Gasteiger partial charge >= 0.3 is 0 Å². The highest BCUT2D eigenvalue weighted by atomic mass is 19.3. The lowest BCUT2D eigenvalue weighted by atomic mass is 10.0. The molecule has 2 atom stereocenters. The van der Waals surface area contributed by atoms with Gasteiger partial charge in [-0.2, -0.15) is 0 Å². The van der Waals surface area contributed by atoms with Crippen LogP contribution in [0.3, 0.4) is 0 Å². The Morgan fingerprint density at radius 1 is 1.30 bits per heavy atom. The number of benzene rings is 1. The molecule has 110 valence electrons. The van der Waals surface area contributed by atoms with Crippen LogP contribution in [0, 0.1) is 0 Å². The molecule has 0 aliphatic carbocycles. The number of anilines is 2. The standard InChI is InChI=1S/C15H21F2N3/c1-10-8-19-6-2-3-12(19)9-20(10)14-5-4-11(18)7-13(14)15(16)17/h4-5,7,10,12,15H,2-3,6,8-9,18H2,1H3. The Labute approximate surface area is 118 Å². The van der Waals surface area contributed by atoms with Gasteiger partial charge in [0.25, 0.3) is 6.43 Å². The average molecular weight is 281 g/mol. The van der Waals surface area contributed by atoms with Crippen LogP contribution in [-0.2, 0) is 0 Å². The van der Waals surface area contributed by atoms with Gasteiger partial charge in [0.1, 0.15) is 0 Å². The van der Waals surface area contributed by atoms with E-state index in [1.807, 2.05) is 0 Å². The van der Waals surface area contributed by atoms with Gasteiger partial charge < -0.3 is 10.6 Å². The van der Waals surface area contributed by atoms with Crippen molar-refractivity contribution in [1.82, 2.24) is 4.90 Å². The fourth-order valence-electron chi connectivity index (χ4n) is 3.53. The predicted octanol–water partition coefficient (Wildman–Crippen LogP) is 2.88. The fraction of sp³-hybridized carbons (Fsp3) is 0.600. The molecule has 0 saturated carbocycles. The third-order valence-electron chi connectivity index (χ3n) is 4.53. The van der Waals surface area contributed by atoms with Crippen LogP contribution < -0.4 is 10.6 Å². The van der Waals surface area contributed by atoms with Crippen molar-refractivity contribution in [2.45, 2.75) is 38.3 Å². The van der Waals surface area contributed by atoms with Gasteiger partial charge in [-0.15, -0.1) is 0 Å². The van der Waals surface area contributed by atoms with Crippen molar-refractivity contribution in [2.24, 2.45) is 0 Å². The van der Waals surface area contributed by atoms with Gasteiger partial charge in [-0.05, 0) is 44.5 Å². The highest BCUT2D eigenvalue weighted by Crippen LogP contribution is 2.35. The second kappa shape index (κ2) is 5.20. The second-order valence-corrected chi connectivity index (χ2v) is 5.91. The molecule has 2 fully saturated rings. The van der Waals surface area contributed by atoms with E-state index in [2.05, 4.69) is 16.7 Å². The van der Waals surface area contributed by atoms with E-state index in [1.54, 1.807) is 12.1 Å². The maximum Gasteiger partial charge on any atom is 0.265 e. The molecule has 20 heavy (non-hydrogen) atoms. The van der Waals surface area contributed by atoms with Gasteiger partial charge in [0, 0.05) is 42.1 Å². The fourth-order valence-corrected chi connectivity index (χ4v) is 3.53. The minimum atomic E-state index is -2.48. The summed E-state index contributed by atoms with van der Waals surface area (Å²) < 4.78 is 26.5. The van der Waals surface area contributed by atoms with E-state index in [1.165, 1.54) is 18.9 Å². The molecule has 2 heterocycles. The molecular weight excluding hydrogens is 260 g/mol. The van der Waals surface area contributed by atoms with Crippen molar-refractivity contribution >= 4 is 11.4 Å². The van der Waals surface area contributed by atoms with E-state index in [-0.39, 0.29) is 11.6 Å². The van der Waals surface area contributed by atoms with Crippen molar-refractivity contribution in [3.63, 3.8) is 0 Å². The summed E-state index contributed by atoms with van der Waals surface area (Å²) in [5, 5.41) is 0. The molecule has 0 spiro atoms. The van der Waals surface area contributed by atoms with Crippen LogP contribution in [0.1, 0.15) is 31.8 Å². The molecule has 3 nitrogen and oxygen atoms in total. The normalized spacial score (nSPS) is 27.1. The Kier molecular flexibility index (Phi) is 3.54. The molecule has 2 saturated heterocycles. The van der Waals surface area contributed by atoms with Crippen LogP contribution in [0.5, 0.6) is 0 Å². The van der Waals surface area contributed by atoms with Crippen molar-refractivity contribution < 1.29 is 8.78 Å². The molecule has 2 unspecified atom stereocenters. The summed E-state index contributed by atoms with van der Waals surface area (Å²) in [6.07, 6.45) is -0.0982. The zero-order valence-electron chi connectivity index (χ0n) is 11.7. The number of piperazine rings is 1. The first-order valence-electron chi connectivity index (χ1n) is 7.24. The Balaban J connectivity index is 1.91. The zero-order valence-corrected chi connectivity index (χ0v) is 11.7. The summed E-state index contributed by atoms with van der Waals surface area (Å²) in [5.41, 5.74) is 6.76. The quantitative estimate of drug-likeness (QED) is 0.846. The van der Waals surface area contributed by atoms with Gasteiger partial charge in [0.2, 0.25) is 0 Å². The van der Waals surface area contributed by atoms with Crippen LogP contribution in [0.25, 0.3) is 0 Å².